The molecule has 0 unspecified atom stereocenters. The van der Waals surface area contributed by atoms with E-state index in [-0.39, 0.29) is 11.6 Å². The Morgan fingerprint density at radius 1 is 1.23 bits per heavy atom. The number of aliphatic imine (C=N–C) groups is 1. The number of carbonyl (C=O) groups is 2. The van der Waals surface area contributed by atoms with Crippen molar-refractivity contribution >= 4 is 40.6 Å². The molecule has 0 spiro atoms. The summed E-state index contributed by atoms with van der Waals surface area (Å²) in [4.78, 5) is 27.0. The number of aliphatic carboxylic acids is 1. The third kappa shape index (κ3) is 4.48. The molecule has 2 aromatic rings. The largest absolute Gasteiger partial charge is 0.482 e. The van der Waals surface area contributed by atoms with Crippen LogP contribution in [0.5, 0.6) is 5.75 Å². The highest BCUT2D eigenvalue weighted by atomic mass is 32.2. The third-order valence-corrected chi connectivity index (χ3v) is 4.18. The van der Waals surface area contributed by atoms with E-state index in [1.165, 1.54) is 12.1 Å². The molecule has 0 radical (unpaired) electrons. The summed E-state index contributed by atoms with van der Waals surface area (Å²) in [6.45, 7) is -0.422. The summed E-state index contributed by atoms with van der Waals surface area (Å²) in [6, 6.07) is 12.7. The van der Waals surface area contributed by atoms with Gasteiger partial charge in [0.1, 0.15) is 17.3 Å². The topological polar surface area (TPSA) is 88.0 Å². The fourth-order valence-electron chi connectivity index (χ4n) is 2.09. The van der Waals surface area contributed by atoms with Crippen molar-refractivity contribution in [2.75, 3.05) is 6.61 Å². The van der Waals surface area contributed by atoms with Crippen LogP contribution >= 0.6 is 11.8 Å². The molecule has 1 amide bonds. The van der Waals surface area contributed by atoms with E-state index in [4.69, 9.17) is 9.84 Å². The highest BCUT2D eigenvalue weighted by Crippen LogP contribution is 2.29. The molecule has 0 saturated carbocycles. The number of halogens is 1. The van der Waals surface area contributed by atoms with Crippen molar-refractivity contribution in [1.82, 2.24) is 5.32 Å². The molecule has 6 nitrogen and oxygen atoms in total. The normalized spacial score (nSPS) is 16.7. The van der Waals surface area contributed by atoms with Gasteiger partial charge < -0.3 is 15.2 Å². The van der Waals surface area contributed by atoms with Crippen LogP contribution in [0.4, 0.5) is 10.1 Å². The lowest BCUT2D eigenvalue weighted by Crippen LogP contribution is -2.19. The highest BCUT2D eigenvalue weighted by molar-refractivity contribution is 8.18. The summed E-state index contributed by atoms with van der Waals surface area (Å²) in [5.41, 5.74) is 0.883. The van der Waals surface area contributed by atoms with Crippen molar-refractivity contribution in [3.63, 3.8) is 0 Å². The number of ether oxygens (including phenoxy) is 1. The first-order chi connectivity index (χ1) is 12.5. The number of hydrogen-bond donors (Lipinski definition) is 2. The number of carboxylic acid groups (broad SMARTS) is 1. The molecule has 1 heterocycles. The Kier molecular flexibility index (Phi) is 5.33. The van der Waals surface area contributed by atoms with Gasteiger partial charge in [0.25, 0.3) is 5.91 Å². The number of amides is 1. The molecule has 1 aliphatic heterocycles. The number of thioether (sulfide) groups is 1. The fraction of sp³-hybridized carbons (Fsp3) is 0.0556. The number of amidine groups is 1. The minimum atomic E-state index is -1.06. The molecule has 132 valence electrons. The van der Waals surface area contributed by atoms with Gasteiger partial charge in [-0.2, -0.15) is 0 Å². The molecular formula is C18H13FN2O4S. The Balaban J connectivity index is 1.72. The minimum Gasteiger partial charge on any atom is -0.482 e. The van der Waals surface area contributed by atoms with Gasteiger partial charge in [0, 0.05) is 0 Å². The molecule has 0 atom stereocenters. The minimum absolute atomic E-state index is 0.150. The summed E-state index contributed by atoms with van der Waals surface area (Å²) in [6.07, 6.45) is 1.66. The van der Waals surface area contributed by atoms with Crippen LogP contribution in [0, 0.1) is 5.82 Å². The molecule has 1 fully saturated rings. The van der Waals surface area contributed by atoms with E-state index in [1.807, 2.05) is 0 Å². The highest BCUT2D eigenvalue weighted by Gasteiger charge is 2.24. The molecule has 1 saturated heterocycles. The molecule has 0 aliphatic carbocycles. The average molecular weight is 372 g/mol. The lowest BCUT2D eigenvalue weighted by molar-refractivity contribution is -0.139. The summed E-state index contributed by atoms with van der Waals surface area (Å²) < 4.78 is 18.7. The smallest absolute Gasteiger partial charge is 0.341 e. The van der Waals surface area contributed by atoms with Gasteiger partial charge in [0.2, 0.25) is 0 Å². The van der Waals surface area contributed by atoms with Crippen LogP contribution in [0.1, 0.15) is 5.56 Å². The second-order valence-corrected chi connectivity index (χ2v) is 6.22. The maximum absolute atomic E-state index is 13.6. The first-order valence-electron chi connectivity index (χ1n) is 7.50. The van der Waals surface area contributed by atoms with Crippen molar-refractivity contribution < 1.29 is 23.8 Å². The van der Waals surface area contributed by atoms with Crippen LogP contribution in [-0.4, -0.2) is 28.8 Å². The van der Waals surface area contributed by atoms with Crippen LogP contribution in [0.25, 0.3) is 6.08 Å². The number of para-hydroxylation sites is 1. The van der Waals surface area contributed by atoms with Gasteiger partial charge in [0.15, 0.2) is 11.8 Å². The third-order valence-electron chi connectivity index (χ3n) is 3.27. The van der Waals surface area contributed by atoms with Gasteiger partial charge in [-0.15, -0.1) is 0 Å². The van der Waals surface area contributed by atoms with Crippen molar-refractivity contribution in [2.45, 2.75) is 0 Å². The van der Waals surface area contributed by atoms with Gasteiger partial charge in [0.05, 0.1) is 4.91 Å². The van der Waals surface area contributed by atoms with E-state index >= 15 is 0 Å². The van der Waals surface area contributed by atoms with E-state index in [9.17, 15) is 14.0 Å². The van der Waals surface area contributed by atoms with Crippen LogP contribution in [0.15, 0.2) is 58.4 Å². The zero-order valence-corrected chi connectivity index (χ0v) is 14.1. The lowest BCUT2D eigenvalue weighted by Gasteiger charge is -2.03. The van der Waals surface area contributed by atoms with E-state index in [0.717, 1.165) is 17.3 Å². The maximum atomic E-state index is 13.6. The van der Waals surface area contributed by atoms with Gasteiger partial charge in [-0.3, -0.25) is 4.79 Å². The number of nitrogens with one attached hydrogen (secondary N) is 1. The van der Waals surface area contributed by atoms with Gasteiger partial charge in [-0.25, -0.2) is 14.2 Å². The zero-order chi connectivity index (χ0) is 18.5. The molecule has 8 heteroatoms. The molecule has 2 N–H and O–H groups in total. The molecule has 26 heavy (non-hydrogen) atoms. The average Bonchev–Trinajstić information content (AvgIpc) is 2.95. The number of hydrogen-bond acceptors (Lipinski definition) is 5. The number of nitrogens with zero attached hydrogens (tertiary/aromatic N) is 1. The Hall–Kier alpha value is -3.13. The number of benzene rings is 2. The van der Waals surface area contributed by atoms with Gasteiger partial charge >= 0.3 is 5.97 Å². The second kappa shape index (κ2) is 7.83. The zero-order valence-electron chi connectivity index (χ0n) is 13.3. The Bertz CT molecular complexity index is 910. The molecule has 3 rings (SSSR count). The van der Waals surface area contributed by atoms with E-state index in [2.05, 4.69) is 10.3 Å². The van der Waals surface area contributed by atoms with Crippen molar-refractivity contribution in [1.29, 1.82) is 0 Å². The summed E-state index contributed by atoms with van der Waals surface area (Å²) >= 11 is 1.11. The standard InChI is InChI=1S/C18H13FN2O4S/c19-13-3-1-2-4-14(13)20-18-21-17(24)15(26-18)9-11-5-7-12(8-6-11)25-10-16(22)23/h1-9H,10H2,(H,22,23)(H,20,21,24)/b15-9-. The Morgan fingerprint density at radius 2 is 1.96 bits per heavy atom. The van der Waals surface area contributed by atoms with Crippen LogP contribution in [0.3, 0.4) is 0 Å². The molecular weight excluding hydrogens is 359 g/mol. The predicted octanol–water partition coefficient (Wildman–Crippen LogP) is 3.18. The second-order valence-electron chi connectivity index (χ2n) is 5.18. The summed E-state index contributed by atoms with van der Waals surface area (Å²) in [5.74, 6) is -1.43. The quantitative estimate of drug-likeness (QED) is 0.787. The van der Waals surface area contributed by atoms with Crippen molar-refractivity contribution in [3.8, 4) is 5.75 Å². The fourth-order valence-corrected chi connectivity index (χ4v) is 2.92. The summed E-state index contributed by atoms with van der Waals surface area (Å²) in [7, 11) is 0. The van der Waals surface area contributed by atoms with Crippen LogP contribution in [0.2, 0.25) is 0 Å². The number of rotatable bonds is 5. The van der Waals surface area contributed by atoms with Gasteiger partial charge in [-0.05, 0) is 47.7 Å². The van der Waals surface area contributed by atoms with E-state index in [1.54, 1.807) is 42.5 Å². The van der Waals surface area contributed by atoms with Crippen LogP contribution < -0.4 is 10.1 Å². The first-order valence-corrected chi connectivity index (χ1v) is 8.32. The monoisotopic (exact) mass is 372 g/mol. The van der Waals surface area contributed by atoms with Crippen molar-refractivity contribution in [2.24, 2.45) is 4.99 Å². The maximum Gasteiger partial charge on any atom is 0.341 e. The van der Waals surface area contributed by atoms with E-state index < -0.39 is 18.4 Å². The van der Waals surface area contributed by atoms with E-state index in [0.29, 0.717) is 15.8 Å². The molecule has 0 bridgehead atoms. The molecule has 1 aliphatic rings. The predicted molar refractivity (Wildman–Crippen MR) is 96.8 cm³/mol. The molecule has 2 aromatic carbocycles. The van der Waals surface area contributed by atoms with Gasteiger partial charge in [-0.1, -0.05) is 24.3 Å². The van der Waals surface area contributed by atoms with Crippen LogP contribution in [-0.2, 0) is 9.59 Å². The lowest BCUT2D eigenvalue weighted by atomic mass is 10.2. The number of carbonyl (C=O) groups excluding carboxylic acids is 1. The molecule has 0 aromatic heterocycles. The Morgan fingerprint density at radius 3 is 2.65 bits per heavy atom. The first kappa shape index (κ1) is 17.7. The number of carboxylic acids is 1. The van der Waals surface area contributed by atoms with Crippen molar-refractivity contribution in [3.05, 3.63) is 64.8 Å². The summed E-state index contributed by atoms with van der Waals surface area (Å²) in [5, 5.41) is 11.5. The SMILES string of the molecule is O=C(O)COc1ccc(/C=C2\SC(=Nc3ccccc3F)NC2=O)cc1. The Labute approximate surface area is 152 Å².